The molecule has 2 rings (SSSR count). The van der Waals surface area contributed by atoms with Crippen molar-refractivity contribution < 1.29 is 16.8 Å². The Hall–Kier alpha value is -0.920. The number of hydrogen-bond acceptors (Lipinski definition) is 5. The minimum absolute atomic E-state index is 0.0688. The lowest BCUT2D eigenvalue weighted by Gasteiger charge is -2.24. The molecule has 1 unspecified atom stereocenters. The van der Waals surface area contributed by atoms with E-state index in [1.165, 1.54) is 0 Å². The zero-order valence-electron chi connectivity index (χ0n) is 15.6. The maximum absolute atomic E-state index is 13.1. The van der Waals surface area contributed by atoms with Gasteiger partial charge in [-0.2, -0.15) is 0 Å². The van der Waals surface area contributed by atoms with E-state index in [9.17, 15) is 16.8 Å². The maximum Gasteiger partial charge on any atom is 0.183 e. The Morgan fingerprint density at radius 1 is 1.16 bits per heavy atom. The quantitative estimate of drug-likeness (QED) is 0.839. The fourth-order valence-corrected chi connectivity index (χ4v) is 7.76. The van der Waals surface area contributed by atoms with Crippen LogP contribution in [0.2, 0.25) is 0 Å². The molecule has 0 spiro atoms. The predicted molar refractivity (Wildman–Crippen MR) is 101 cm³/mol. The molecule has 0 aromatic heterocycles. The van der Waals surface area contributed by atoms with Gasteiger partial charge in [-0.1, -0.05) is 39.8 Å². The molecule has 142 valence electrons. The minimum atomic E-state index is -3.72. The van der Waals surface area contributed by atoms with Crippen LogP contribution in [0.25, 0.3) is 0 Å². The summed E-state index contributed by atoms with van der Waals surface area (Å²) in [5.41, 5.74) is 0.972. The molecule has 1 heterocycles. The van der Waals surface area contributed by atoms with Crippen molar-refractivity contribution in [3.63, 3.8) is 0 Å². The highest BCUT2D eigenvalue weighted by molar-refractivity contribution is 7.96. The molecule has 7 heteroatoms. The van der Waals surface area contributed by atoms with Crippen LogP contribution in [0.1, 0.15) is 46.6 Å². The molecule has 25 heavy (non-hydrogen) atoms. The third kappa shape index (κ3) is 4.63. The molecule has 0 amide bonds. The average molecular weight is 388 g/mol. The van der Waals surface area contributed by atoms with Gasteiger partial charge >= 0.3 is 0 Å². The van der Waals surface area contributed by atoms with Gasteiger partial charge in [-0.05, 0) is 36.5 Å². The monoisotopic (exact) mass is 387 g/mol. The van der Waals surface area contributed by atoms with Crippen molar-refractivity contribution >= 4 is 19.7 Å². The van der Waals surface area contributed by atoms with Crippen LogP contribution in [0, 0.1) is 0 Å². The molecule has 0 bridgehead atoms. The Bertz CT molecular complexity index is 806. The minimum Gasteiger partial charge on any atom is -0.309 e. The van der Waals surface area contributed by atoms with Gasteiger partial charge in [0.15, 0.2) is 19.7 Å². The Morgan fingerprint density at radius 2 is 1.72 bits per heavy atom. The number of benzene rings is 1. The molecule has 1 fully saturated rings. The van der Waals surface area contributed by atoms with Crippen LogP contribution in [0.4, 0.5) is 0 Å². The summed E-state index contributed by atoms with van der Waals surface area (Å²) in [6.45, 7) is 10.1. The molecule has 0 aliphatic carbocycles. The van der Waals surface area contributed by atoms with Crippen LogP contribution in [0.5, 0.6) is 0 Å². The van der Waals surface area contributed by atoms with Crippen LogP contribution < -0.4 is 5.32 Å². The molecule has 3 atom stereocenters. The van der Waals surface area contributed by atoms with Crippen molar-refractivity contribution in [1.29, 1.82) is 0 Å². The Kier molecular flexibility index (Phi) is 5.71. The van der Waals surface area contributed by atoms with Gasteiger partial charge in [-0.3, -0.25) is 0 Å². The van der Waals surface area contributed by atoms with Gasteiger partial charge in [0.05, 0.1) is 21.7 Å². The molecule has 5 nitrogen and oxygen atoms in total. The second-order valence-corrected chi connectivity index (χ2v) is 12.3. The van der Waals surface area contributed by atoms with Crippen molar-refractivity contribution in [1.82, 2.24) is 5.32 Å². The Balaban J connectivity index is 2.36. The maximum atomic E-state index is 13.1. The molecule has 0 saturated carbocycles. The predicted octanol–water partition coefficient (Wildman–Crippen LogP) is 2.31. The number of hydrogen-bond donors (Lipinski definition) is 1. The first-order valence-electron chi connectivity index (χ1n) is 8.68. The van der Waals surface area contributed by atoms with Gasteiger partial charge in [-0.25, -0.2) is 16.8 Å². The zero-order valence-corrected chi connectivity index (χ0v) is 17.2. The van der Waals surface area contributed by atoms with Gasteiger partial charge in [0, 0.05) is 12.1 Å². The van der Waals surface area contributed by atoms with Gasteiger partial charge < -0.3 is 5.32 Å². The number of sulfone groups is 2. The van der Waals surface area contributed by atoms with E-state index in [0.717, 1.165) is 12.0 Å². The third-order valence-corrected chi connectivity index (χ3v) is 9.03. The van der Waals surface area contributed by atoms with E-state index in [2.05, 4.69) is 26.1 Å². The van der Waals surface area contributed by atoms with E-state index < -0.39 is 31.0 Å². The fourth-order valence-electron chi connectivity index (χ4n) is 3.08. The van der Waals surface area contributed by atoms with Crippen molar-refractivity contribution in [2.75, 3.05) is 11.5 Å². The highest BCUT2D eigenvalue weighted by Gasteiger charge is 2.46. The van der Waals surface area contributed by atoms with E-state index in [4.69, 9.17) is 0 Å². The number of nitrogens with one attached hydrogen (secondary N) is 1. The Labute approximate surface area is 152 Å². The van der Waals surface area contributed by atoms with Crippen molar-refractivity contribution in [3.05, 3.63) is 29.8 Å². The summed E-state index contributed by atoms with van der Waals surface area (Å²) in [5, 5.41) is 2.25. The molecule has 1 N–H and O–H groups in total. The molecule has 1 aromatic carbocycles. The molecule has 1 aromatic rings. The van der Waals surface area contributed by atoms with Crippen molar-refractivity contribution in [2.24, 2.45) is 0 Å². The highest BCUT2D eigenvalue weighted by atomic mass is 32.2. The Morgan fingerprint density at radius 3 is 2.20 bits per heavy atom. The first-order chi connectivity index (χ1) is 11.4. The summed E-state index contributed by atoms with van der Waals surface area (Å²) in [6.07, 6.45) is 0.809. The lowest BCUT2D eigenvalue weighted by molar-refractivity contribution is 0.456. The molecular formula is C18H29NO4S2. The van der Waals surface area contributed by atoms with Crippen LogP contribution in [-0.4, -0.2) is 45.7 Å². The van der Waals surface area contributed by atoms with Gasteiger partial charge in [0.1, 0.15) is 0 Å². The lowest BCUT2D eigenvalue weighted by Crippen LogP contribution is -2.46. The number of rotatable bonds is 5. The summed E-state index contributed by atoms with van der Waals surface area (Å²) in [6, 6.07) is 6.33. The van der Waals surface area contributed by atoms with Gasteiger partial charge in [0.2, 0.25) is 0 Å². The summed E-state index contributed by atoms with van der Waals surface area (Å²) in [7, 11) is -7.08. The zero-order chi connectivity index (χ0) is 19.0. The topological polar surface area (TPSA) is 80.3 Å². The summed E-state index contributed by atoms with van der Waals surface area (Å²) in [4.78, 5) is 0.193. The van der Waals surface area contributed by atoms with E-state index in [1.54, 1.807) is 12.1 Å². The summed E-state index contributed by atoms with van der Waals surface area (Å²) in [5.74, 6) is -0.439. The van der Waals surface area contributed by atoms with Crippen LogP contribution in [0.15, 0.2) is 29.2 Å². The van der Waals surface area contributed by atoms with E-state index in [0.29, 0.717) is 0 Å². The van der Waals surface area contributed by atoms with Crippen LogP contribution >= 0.6 is 0 Å². The van der Waals surface area contributed by atoms with Gasteiger partial charge in [-0.15, -0.1) is 0 Å². The van der Waals surface area contributed by atoms with Crippen molar-refractivity contribution in [3.8, 4) is 0 Å². The normalized spacial score (nSPS) is 25.0. The summed E-state index contributed by atoms with van der Waals surface area (Å²) < 4.78 is 50.3. The molecular weight excluding hydrogens is 358 g/mol. The van der Waals surface area contributed by atoms with E-state index in [1.807, 2.05) is 26.0 Å². The standard InChI is InChI=1S/C18H29NO4S2/c1-6-13(2)19-16-11-24(20,21)12-17(16)25(22,23)15-9-7-14(8-10-15)18(3,4)5/h7-10,13,16-17,19H,6,11-12H2,1-5H3/t13?,16-,17-/m0/s1. The summed E-state index contributed by atoms with van der Waals surface area (Å²) >= 11 is 0. The average Bonchev–Trinajstić information content (AvgIpc) is 2.81. The van der Waals surface area contributed by atoms with Crippen LogP contribution in [0.3, 0.4) is 0 Å². The molecule has 0 radical (unpaired) electrons. The van der Waals surface area contributed by atoms with Gasteiger partial charge in [0.25, 0.3) is 0 Å². The first kappa shape index (κ1) is 20.4. The smallest absolute Gasteiger partial charge is 0.183 e. The molecule has 1 aliphatic rings. The third-order valence-electron chi connectivity index (χ3n) is 4.86. The largest absolute Gasteiger partial charge is 0.309 e. The first-order valence-corrected chi connectivity index (χ1v) is 12.0. The van der Waals surface area contributed by atoms with E-state index >= 15 is 0 Å². The van der Waals surface area contributed by atoms with E-state index in [-0.39, 0.29) is 27.9 Å². The lowest BCUT2D eigenvalue weighted by atomic mass is 9.87. The van der Waals surface area contributed by atoms with Crippen LogP contribution in [-0.2, 0) is 25.1 Å². The second-order valence-electron chi connectivity index (χ2n) is 8.02. The highest BCUT2D eigenvalue weighted by Crippen LogP contribution is 2.29. The molecule has 1 aliphatic heterocycles. The SMILES string of the molecule is CCC(C)N[C@H]1CS(=O)(=O)C[C@@H]1S(=O)(=O)c1ccc(C(C)(C)C)cc1. The fraction of sp³-hybridized carbons (Fsp3) is 0.667. The van der Waals surface area contributed by atoms with Crippen molar-refractivity contribution in [2.45, 2.75) is 68.7 Å². The second kappa shape index (κ2) is 7.00. The molecule has 1 saturated heterocycles.